The fourth-order valence-electron chi connectivity index (χ4n) is 0.541. The van der Waals surface area contributed by atoms with Gasteiger partial charge in [-0.1, -0.05) is 13.3 Å². The number of aliphatic hydroxyl groups excluding tert-OH is 1. The Morgan fingerprint density at radius 3 is 2.67 bits per heavy atom. The largest absolute Gasteiger partial charge is 0.483 e. The van der Waals surface area contributed by atoms with Crippen molar-refractivity contribution < 1.29 is 9.84 Å². The van der Waals surface area contributed by atoms with E-state index in [-0.39, 0.29) is 5.90 Å². The number of ether oxygens (including phenoxy) is 1. The van der Waals surface area contributed by atoms with Gasteiger partial charge in [0.05, 0.1) is 7.11 Å². The predicted molar refractivity (Wildman–Crippen MR) is 35.7 cm³/mol. The Labute approximate surface area is 55.2 Å². The highest BCUT2D eigenvalue weighted by atomic mass is 16.5. The normalized spacial score (nSPS) is 12.8. The average Bonchev–Trinajstić information content (AvgIpc) is 1.87. The molecular weight excluding hydrogens is 118 g/mol. The molecule has 0 aromatic rings. The SMILES string of the molecule is CCCC(O)C(=N)OC. The number of aliphatic hydroxyl groups is 1. The van der Waals surface area contributed by atoms with Crippen molar-refractivity contribution in [3.63, 3.8) is 0 Å². The van der Waals surface area contributed by atoms with Gasteiger partial charge in [-0.25, -0.2) is 0 Å². The third-order valence-corrected chi connectivity index (χ3v) is 1.08. The number of hydrogen-bond acceptors (Lipinski definition) is 3. The van der Waals surface area contributed by atoms with E-state index in [1.807, 2.05) is 6.92 Å². The standard InChI is InChI=1S/C6H13NO2/c1-3-4-5(8)6(7)9-2/h5,7-8H,3-4H2,1-2H3. The van der Waals surface area contributed by atoms with Crippen molar-refractivity contribution in [2.24, 2.45) is 0 Å². The number of methoxy groups -OCH3 is 1. The Bertz CT molecular complexity index is 93.1. The lowest BCUT2D eigenvalue weighted by molar-refractivity contribution is 0.191. The zero-order valence-corrected chi connectivity index (χ0v) is 5.85. The Balaban J connectivity index is 3.45. The van der Waals surface area contributed by atoms with E-state index in [0.717, 1.165) is 6.42 Å². The lowest BCUT2D eigenvalue weighted by Gasteiger charge is -2.07. The van der Waals surface area contributed by atoms with Gasteiger partial charge in [-0.2, -0.15) is 0 Å². The molecule has 3 heteroatoms. The van der Waals surface area contributed by atoms with Crippen LogP contribution in [0.2, 0.25) is 0 Å². The second-order valence-electron chi connectivity index (χ2n) is 1.87. The molecule has 0 spiro atoms. The molecule has 0 saturated heterocycles. The summed E-state index contributed by atoms with van der Waals surface area (Å²) in [6.07, 6.45) is 0.763. The van der Waals surface area contributed by atoms with Gasteiger partial charge in [0.2, 0.25) is 5.90 Å². The minimum absolute atomic E-state index is 0.0446. The molecule has 0 aromatic heterocycles. The van der Waals surface area contributed by atoms with Gasteiger partial charge in [0.1, 0.15) is 6.10 Å². The molecule has 0 aliphatic rings. The summed E-state index contributed by atoms with van der Waals surface area (Å²) in [5.74, 6) is -0.0446. The highest BCUT2D eigenvalue weighted by Crippen LogP contribution is 1.97. The molecule has 0 saturated carbocycles. The van der Waals surface area contributed by atoms with E-state index in [9.17, 15) is 0 Å². The molecule has 1 atom stereocenters. The molecule has 0 aliphatic heterocycles. The zero-order valence-electron chi connectivity index (χ0n) is 5.85. The van der Waals surface area contributed by atoms with Gasteiger partial charge in [0.15, 0.2) is 0 Å². The van der Waals surface area contributed by atoms with Gasteiger partial charge in [-0.05, 0) is 6.42 Å². The van der Waals surface area contributed by atoms with Gasteiger partial charge in [-0.15, -0.1) is 0 Å². The summed E-state index contributed by atoms with van der Waals surface area (Å²) >= 11 is 0. The van der Waals surface area contributed by atoms with Gasteiger partial charge in [0.25, 0.3) is 0 Å². The molecule has 54 valence electrons. The van der Waals surface area contributed by atoms with Crippen molar-refractivity contribution in [2.45, 2.75) is 25.9 Å². The first-order valence-corrected chi connectivity index (χ1v) is 3.02. The van der Waals surface area contributed by atoms with E-state index in [4.69, 9.17) is 10.5 Å². The summed E-state index contributed by atoms with van der Waals surface area (Å²) < 4.78 is 4.50. The fraction of sp³-hybridized carbons (Fsp3) is 0.833. The lowest BCUT2D eigenvalue weighted by atomic mass is 10.2. The molecule has 2 N–H and O–H groups in total. The Kier molecular flexibility index (Phi) is 4.05. The molecule has 3 nitrogen and oxygen atoms in total. The molecule has 0 heterocycles. The first-order valence-electron chi connectivity index (χ1n) is 3.02. The molecule has 0 bridgehead atoms. The maximum absolute atomic E-state index is 8.97. The van der Waals surface area contributed by atoms with Crippen LogP contribution in [-0.2, 0) is 4.74 Å². The van der Waals surface area contributed by atoms with Crippen LogP contribution in [0, 0.1) is 5.41 Å². The molecule has 0 aromatic carbocycles. The van der Waals surface area contributed by atoms with E-state index >= 15 is 0 Å². The number of hydrogen-bond donors (Lipinski definition) is 2. The zero-order chi connectivity index (χ0) is 7.28. The summed E-state index contributed by atoms with van der Waals surface area (Å²) in [5, 5.41) is 15.9. The van der Waals surface area contributed by atoms with Crippen LogP contribution in [0.25, 0.3) is 0 Å². The molecule has 0 amide bonds. The fourth-order valence-corrected chi connectivity index (χ4v) is 0.541. The molecular formula is C6H13NO2. The van der Waals surface area contributed by atoms with E-state index in [2.05, 4.69) is 4.74 Å². The average molecular weight is 131 g/mol. The second-order valence-corrected chi connectivity index (χ2v) is 1.87. The third-order valence-electron chi connectivity index (χ3n) is 1.08. The van der Waals surface area contributed by atoms with Crippen molar-refractivity contribution in [1.82, 2.24) is 0 Å². The van der Waals surface area contributed by atoms with E-state index in [1.54, 1.807) is 0 Å². The molecule has 0 aliphatic carbocycles. The van der Waals surface area contributed by atoms with E-state index in [0.29, 0.717) is 6.42 Å². The van der Waals surface area contributed by atoms with Crippen LogP contribution in [-0.4, -0.2) is 24.2 Å². The molecule has 1 unspecified atom stereocenters. The monoisotopic (exact) mass is 131 g/mol. The maximum atomic E-state index is 8.97. The van der Waals surface area contributed by atoms with Gasteiger partial charge in [-0.3, -0.25) is 5.41 Å². The molecule has 0 radical (unpaired) electrons. The van der Waals surface area contributed by atoms with Crippen molar-refractivity contribution in [3.8, 4) is 0 Å². The van der Waals surface area contributed by atoms with E-state index < -0.39 is 6.10 Å². The third kappa shape index (κ3) is 3.08. The van der Waals surface area contributed by atoms with Crippen LogP contribution >= 0.6 is 0 Å². The van der Waals surface area contributed by atoms with Crippen molar-refractivity contribution in [2.75, 3.05) is 7.11 Å². The summed E-state index contributed by atoms with van der Waals surface area (Å²) in [5.41, 5.74) is 0. The highest BCUT2D eigenvalue weighted by molar-refractivity contribution is 5.76. The minimum atomic E-state index is -0.708. The second kappa shape index (κ2) is 4.32. The Hall–Kier alpha value is -0.570. The van der Waals surface area contributed by atoms with Gasteiger partial charge in [0, 0.05) is 0 Å². The topological polar surface area (TPSA) is 53.3 Å². The lowest BCUT2D eigenvalue weighted by Crippen LogP contribution is -2.20. The van der Waals surface area contributed by atoms with Gasteiger partial charge < -0.3 is 9.84 Å². The summed E-state index contributed by atoms with van der Waals surface area (Å²) in [7, 11) is 1.39. The Morgan fingerprint density at radius 2 is 2.33 bits per heavy atom. The van der Waals surface area contributed by atoms with Crippen molar-refractivity contribution in [3.05, 3.63) is 0 Å². The van der Waals surface area contributed by atoms with Crippen LogP contribution in [0.15, 0.2) is 0 Å². The summed E-state index contributed by atoms with van der Waals surface area (Å²) in [6, 6.07) is 0. The Morgan fingerprint density at radius 1 is 1.78 bits per heavy atom. The summed E-state index contributed by atoms with van der Waals surface area (Å²) in [6.45, 7) is 1.95. The van der Waals surface area contributed by atoms with Crippen LogP contribution in [0.4, 0.5) is 0 Å². The predicted octanol–water partition coefficient (Wildman–Crippen LogP) is 0.771. The van der Waals surface area contributed by atoms with Crippen LogP contribution in [0.5, 0.6) is 0 Å². The van der Waals surface area contributed by atoms with Crippen molar-refractivity contribution in [1.29, 1.82) is 5.41 Å². The quantitative estimate of drug-likeness (QED) is 0.439. The number of rotatable bonds is 3. The molecule has 0 fully saturated rings. The molecule has 0 rings (SSSR count). The van der Waals surface area contributed by atoms with Gasteiger partial charge >= 0.3 is 0 Å². The summed E-state index contributed by atoms with van der Waals surface area (Å²) in [4.78, 5) is 0. The minimum Gasteiger partial charge on any atom is -0.483 e. The van der Waals surface area contributed by atoms with Crippen LogP contribution in [0.3, 0.4) is 0 Å². The first-order chi connectivity index (χ1) is 4.22. The number of nitrogens with one attached hydrogen (secondary N) is 1. The first kappa shape index (κ1) is 8.43. The van der Waals surface area contributed by atoms with Crippen LogP contribution in [0.1, 0.15) is 19.8 Å². The van der Waals surface area contributed by atoms with E-state index in [1.165, 1.54) is 7.11 Å². The smallest absolute Gasteiger partial charge is 0.209 e. The molecule has 9 heavy (non-hydrogen) atoms. The van der Waals surface area contributed by atoms with Crippen LogP contribution < -0.4 is 0 Å². The van der Waals surface area contributed by atoms with Crippen molar-refractivity contribution >= 4 is 5.90 Å². The maximum Gasteiger partial charge on any atom is 0.209 e. The highest BCUT2D eigenvalue weighted by Gasteiger charge is 2.07.